The van der Waals surface area contributed by atoms with E-state index in [0.29, 0.717) is 12.8 Å². The molecule has 1 amide bonds. The van der Waals surface area contributed by atoms with Crippen molar-refractivity contribution < 1.29 is 27.9 Å². The highest BCUT2D eigenvalue weighted by atomic mass is 19.4. The second kappa shape index (κ2) is 5.10. The number of aromatic nitrogens is 1. The molecule has 0 saturated heterocycles. The van der Waals surface area contributed by atoms with Gasteiger partial charge < -0.3 is 10.0 Å². The smallest absolute Gasteiger partial charge is 0.406 e. The molecule has 2 rings (SSSR count). The second-order valence-electron chi connectivity index (χ2n) is 4.52. The molecule has 1 heterocycles. The molecule has 5 nitrogen and oxygen atoms in total. The van der Waals surface area contributed by atoms with E-state index in [4.69, 9.17) is 5.11 Å². The van der Waals surface area contributed by atoms with Gasteiger partial charge in [0.25, 0.3) is 5.91 Å². The van der Waals surface area contributed by atoms with Crippen LogP contribution in [-0.2, 0) is 0 Å². The summed E-state index contributed by atoms with van der Waals surface area (Å²) in [5, 5.41) is 8.69. The topological polar surface area (TPSA) is 70.5 Å². The highest BCUT2D eigenvalue weighted by Gasteiger charge is 2.41. The van der Waals surface area contributed by atoms with Crippen LogP contribution in [0.2, 0.25) is 0 Å². The fourth-order valence-electron chi connectivity index (χ4n) is 1.74. The van der Waals surface area contributed by atoms with Crippen molar-refractivity contribution in [3.63, 3.8) is 0 Å². The van der Waals surface area contributed by atoms with Crippen molar-refractivity contribution in [3.05, 3.63) is 29.6 Å². The van der Waals surface area contributed by atoms with Gasteiger partial charge in [0.15, 0.2) is 0 Å². The molecule has 0 radical (unpaired) electrons. The summed E-state index contributed by atoms with van der Waals surface area (Å²) in [6, 6.07) is 1.85. The highest BCUT2D eigenvalue weighted by molar-refractivity contribution is 5.94. The van der Waals surface area contributed by atoms with Gasteiger partial charge in [-0.25, -0.2) is 4.79 Å². The summed E-state index contributed by atoms with van der Waals surface area (Å²) >= 11 is 0. The summed E-state index contributed by atoms with van der Waals surface area (Å²) in [5.74, 6) is -2.05. The van der Waals surface area contributed by atoms with Gasteiger partial charge in [0.2, 0.25) is 0 Å². The van der Waals surface area contributed by atoms with Gasteiger partial charge >= 0.3 is 12.1 Å². The number of pyridine rings is 1. The zero-order chi connectivity index (χ0) is 14.9. The van der Waals surface area contributed by atoms with Gasteiger partial charge in [-0.15, -0.1) is 0 Å². The molecular formula is C12H11F3N2O3. The van der Waals surface area contributed by atoms with Crippen LogP contribution < -0.4 is 0 Å². The standard InChI is InChI=1S/C12H11F3N2O3/c13-12(14,15)6-17(8-2-3-8)10(18)9-4-1-7(5-16-9)11(19)20/h1,4-5,8H,2-3,6H2,(H,19,20). The molecule has 1 aliphatic carbocycles. The van der Waals surface area contributed by atoms with Crippen LogP contribution in [0.1, 0.15) is 33.7 Å². The van der Waals surface area contributed by atoms with Crippen molar-refractivity contribution >= 4 is 11.9 Å². The number of hydrogen-bond acceptors (Lipinski definition) is 3. The molecular weight excluding hydrogens is 277 g/mol. The summed E-state index contributed by atoms with van der Waals surface area (Å²) in [4.78, 5) is 27.0. The van der Waals surface area contributed by atoms with Gasteiger partial charge in [-0.3, -0.25) is 9.78 Å². The van der Waals surface area contributed by atoms with E-state index in [0.717, 1.165) is 23.2 Å². The first kappa shape index (κ1) is 14.3. The molecule has 0 spiro atoms. The molecule has 1 fully saturated rings. The monoisotopic (exact) mass is 288 g/mol. The fraction of sp³-hybridized carbons (Fsp3) is 0.417. The summed E-state index contributed by atoms with van der Waals surface area (Å²) in [5.41, 5.74) is -0.318. The molecule has 0 unspecified atom stereocenters. The maximum absolute atomic E-state index is 12.4. The summed E-state index contributed by atoms with van der Waals surface area (Å²) in [7, 11) is 0. The minimum absolute atomic E-state index is 0.129. The molecule has 108 valence electrons. The average molecular weight is 288 g/mol. The Morgan fingerprint density at radius 1 is 1.35 bits per heavy atom. The number of carbonyl (C=O) groups is 2. The Balaban J connectivity index is 2.17. The number of alkyl halides is 3. The quantitative estimate of drug-likeness (QED) is 0.919. The first-order valence-corrected chi connectivity index (χ1v) is 5.85. The normalized spacial score (nSPS) is 14.9. The molecule has 1 saturated carbocycles. The number of amides is 1. The van der Waals surface area contributed by atoms with Crippen LogP contribution in [0.25, 0.3) is 0 Å². The molecule has 1 aliphatic rings. The van der Waals surface area contributed by atoms with Gasteiger partial charge in [-0.05, 0) is 25.0 Å². The lowest BCUT2D eigenvalue weighted by atomic mass is 10.2. The lowest BCUT2D eigenvalue weighted by molar-refractivity contribution is -0.141. The number of nitrogens with zero attached hydrogens (tertiary/aromatic N) is 2. The molecule has 0 atom stereocenters. The van der Waals surface area contributed by atoms with E-state index >= 15 is 0 Å². The SMILES string of the molecule is O=C(O)c1ccc(C(=O)N(CC(F)(F)F)C2CC2)nc1. The number of rotatable bonds is 4. The lowest BCUT2D eigenvalue weighted by Crippen LogP contribution is -2.40. The van der Waals surface area contributed by atoms with Crippen LogP contribution in [-0.4, -0.2) is 45.6 Å². The van der Waals surface area contributed by atoms with Crippen LogP contribution in [0.4, 0.5) is 13.2 Å². The van der Waals surface area contributed by atoms with Crippen molar-refractivity contribution in [3.8, 4) is 0 Å². The molecule has 1 aromatic heterocycles. The van der Waals surface area contributed by atoms with Crippen LogP contribution in [0.15, 0.2) is 18.3 Å². The van der Waals surface area contributed by atoms with Crippen molar-refractivity contribution in [2.75, 3.05) is 6.54 Å². The number of aromatic carboxylic acids is 1. The van der Waals surface area contributed by atoms with E-state index in [1.165, 1.54) is 0 Å². The van der Waals surface area contributed by atoms with E-state index < -0.39 is 30.6 Å². The van der Waals surface area contributed by atoms with E-state index in [2.05, 4.69) is 4.98 Å². The molecule has 0 aromatic carbocycles. The van der Waals surface area contributed by atoms with Gasteiger partial charge in [-0.2, -0.15) is 13.2 Å². The largest absolute Gasteiger partial charge is 0.478 e. The minimum atomic E-state index is -4.47. The number of hydrogen-bond donors (Lipinski definition) is 1. The Hall–Kier alpha value is -2.12. The zero-order valence-electron chi connectivity index (χ0n) is 10.2. The molecule has 0 bridgehead atoms. The van der Waals surface area contributed by atoms with Crippen LogP contribution >= 0.6 is 0 Å². The van der Waals surface area contributed by atoms with E-state index in [1.54, 1.807) is 0 Å². The molecule has 1 aromatic rings. The Kier molecular flexibility index (Phi) is 3.65. The number of halogens is 3. The average Bonchev–Trinajstić information content (AvgIpc) is 3.18. The number of carbonyl (C=O) groups excluding carboxylic acids is 1. The first-order chi connectivity index (χ1) is 9.28. The molecule has 1 N–H and O–H groups in total. The summed E-state index contributed by atoms with van der Waals surface area (Å²) < 4.78 is 37.3. The van der Waals surface area contributed by atoms with Gasteiger partial charge in [0, 0.05) is 12.2 Å². The fourth-order valence-corrected chi connectivity index (χ4v) is 1.74. The first-order valence-electron chi connectivity index (χ1n) is 5.85. The number of carboxylic acids is 1. The van der Waals surface area contributed by atoms with Gasteiger partial charge in [0.1, 0.15) is 12.2 Å². The molecule has 0 aliphatic heterocycles. The van der Waals surface area contributed by atoms with Crippen molar-refractivity contribution in [2.45, 2.75) is 25.1 Å². The predicted molar refractivity (Wildman–Crippen MR) is 61.3 cm³/mol. The van der Waals surface area contributed by atoms with E-state index in [9.17, 15) is 22.8 Å². The Labute approximate surface area is 112 Å². The highest BCUT2D eigenvalue weighted by Crippen LogP contribution is 2.31. The molecule has 8 heteroatoms. The van der Waals surface area contributed by atoms with Crippen LogP contribution in [0, 0.1) is 0 Å². The maximum Gasteiger partial charge on any atom is 0.406 e. The van der Waals surface area contributed by atoms with Crippen molar-refractivity contribution in [1.82, 2.24) is 9.88 Å². The third-order valence-corrected chi connectivity index (χ3v) is 2.83. The van der Waals surface area contributed by atoms with E-state index in [1.807, 2.05) is 0 Å². The maximum atomic E-state index is 12.4. The Bertz CT molecular complexity index is 524. The van der Waals surface area contributed by atoms with Gasteiger partial charge in [-0.1, -0.05) is 0 Å². The molecule has 20 heavy (non-hydrogen) atoms. The zero-order valence-corrected chi connectivity index (χ0v) is 10.2. The predicted octanol–water partition coefficient (Wildman–Crippen LogP) is 1.95. The second-order valence-corrected chi connectivity index (χ2v) is 4.52. The van der Waals surface area contributed by atoms with Crippen molar-refractivity contribution in [1.29, 1.82) is 0 Å². The third kappa shape index (κ3) is 3.46. The summed E-state index contributed by atoms with van der Waals surface area (Å²) in [6.45, 7) is -1.32. The minimum Gasteiger partial charge on any atom is -0.478 e. The Morgan fingerprint density at radius 3 is 2.40 bits per heavy atom. The third-order valence-electron chi connectivity index (χ3n) is 2.83. The van der Waals surface area contributed by atoms with Gasteiger partial charge in [0.05, 0.1) is 5.56 Å². The Morgan fingerprint density at radius 2 is 2.00 bits per heavy atom. The number of carboxylic acid groups (broad SMARTS) is 1. The van der Waals surface area contributed by atoms with Crippen LogP contribution in [0.5, 0.6) is 0 Å². The van der Waals surface area contributed by atoms with Crippen LogP contribution in [0.3, 0.4) is 0 Å². The lowest BCUT2D eigenvalue weighted by Gasteiger charge is -2.23. The van der Waals surface area contributed by atoms with E-state index in [-0.39, 0.29) is 11.3 Å². The van der Waals surface area contributed by atoms with Crippen molar-refractivity contribution in [2.24, 2.45) is 0 Å². The summed E-state index contributed by atoms with van der Waals surface area (Å²) in [6.07, 6.45) is -2.45.